The summed E-state index contributed by atoms with van der Waals surface area (Å²) in [4.78, 5) is 4.97. The van der Waals surface area contributed by atoms with Crippen LogP contribution < -0.4 is 0 Å². The lowest BCUT2D eigenvalue weighted by Crippen LogP contribution is -1.93. The van der Waals surface area contributed by atoms with Gasteiger partial charge in [0.2, 0.25) is 0 Å². The Labute approximate surface area is 236 Å². The molecule has 0 radical (unpaired) electrons. The predicted molar refractivity (Wildman–Crippen MR) is 172 cm³/mol. The second-order valence-corrected chi connectivity index (χ2v) is 10.7. The van der Waals surface area contributed by atoms with Gasteiger partial charge in [-0.2, -0.15) is 0 Å². The lowest BCUT2D eigenvalue weighted by molar-refractivity contribution is 0.669. The second-order valence-electron chi connectivity index (χ2n) is 10.7. The molecule has 0 amide bonds. The first-order chi connectivity index (χ1) is 20.3. The van der Waals surface area contributed by atoms with Gasteiger partial charge < -0.3 is 4.42 Å². The van der Waals surface area contributed by atoms with Crippen LogP contribution in [0.15, 0.2) is 144 Å². The van der Waals surface area contributed by atoms with Gasteiger partial charge in [-0.05, 0) is 74.1 Å². The monoisotopic (exact) mass is 521 g/mol. The summed E-state index contributed by atoms with van der Waals surface area (Å²) in [6.45, 7) is 0. The molecule has 0 N–H and O–H groups in total. The van der Waals surface area contributed by atoms with Crippen molar-refractivity contribution in [2.45, 2.75) is 0 Å². The minimum absolute atomic E-state index is 0.903. The Kier molecular flexibility index (Phi) is 4.64. The van der Waals surface area contributed by atoms with Crippen molar-refractivity contribution in [1.29, 1.82) is 0 Å². The zero-order chi connectivity index (χ0) is 26.9. The summed E-state index contributed by atoms with van der Waals surface area (Å²) in [6.07, 6.45) is 2.07. The van der Waals surface area contributed by atoms with E-state index in [0.29, 0.717) is 0 Å². The Morgan fingerprint density at radius 3 is 1.93 bits per heavy atom. The molecule has 0 aliphatic rings. The number of furan rings is 1. The van der Waals surface area contributed by atoms with Gasteiger partial charge in [0.05, 0.1) is 5.52 Å². The number of pyridine rings is 1. The molecule has 2 aromatic heterocycles. The molecule has 0 aliphatic heterocycles. The second kappa shape index (κ2) is 8.51. The summed E-state index contributed by atoms with van der Waals surface area (Å²) in [7, 11) is 0. The quantitative estimate of drug-likeness (QED) is 0.167. The maximum Gasteiger partial charge on any atom is 0.135 e. The lowest BCUT2D eigenvalue weighted by atomic mass is 9.84. The Morgan fingerprint density at radius 1 is 0.415 bits per heavy atom. The lowest BCUT2D eigenvalue weighted by Gasteiger charge is -2.19. The van der Waals surface area contributed by atoms with Crippen molar-refractivity contribution in [3.8, 4) is 22.3 Å². The zero-order valence-corrected chi connectivity index (χ0v) is 22.1. The maximum atomic E-state index is 6.18. The summed E-state index contributed by atoms with van der Waals surface area (Å²) >= 11 is 0. The Balaban J connectivity index is 1.47. The molecule has 0 spiro atoms. The van der Waals surface area contributed by atoms with E-state index >= 15 is 0 Å². The van der Waals surface area contributed by atoms with E-state index < -0.39 is 0 Å². The van der Waals surface area contributed by atoms with E-state index in [4.69, 9.17) is 9.40 Å². The summed E-state index contributed by atoms with van der Waals surface area (Å²) in [5.41, 5.74) is 7.63. The van der Waals surface area contributed by atoms with E-state index in [1.165, 1.54) is 43.6 Å². The van der Waals surface area contributed by atoms with Crippen molar-refractivity contribution < 1.29 is 4.42 Å². The fourth-order valence-corrected chi connectivity index (χ4v) is 6.64. The van der Waals surface area contributed by atoms with Gasteiger partial charge in [0.15, 0.2) is 0 Å². The molecule has 2 heteroatoms. The number of rotatable bonds is 2. The van der Waals surface area contributed by atoms with E-state index in [2.05, 4.69) is 128 Å². The third-order valence-corrected chi connectivity index (χ3v) is 8.46. The van der Waals surface area contributed by atoms with E-state index in [-0.39, 0.29) is 0 Å². The van der Waals surface area contributed by atoms with E-state index in [1.807, 2.05) is 12.1 Å². The first kappa shape index (κ1) is 22.4. The molecule has 9 aromatic rings. The summed E-state index contributed by atoms with van der Waals surface area (Å²) in [5, 5.41) is 10.7. The van der Waals surface area contributed by atoms with Crippen LogP contribution in [0.4, 0.5) is 0 Å². The Hall–Kier alpha value is -5.47. The predicted octanol–water partition coefficient (Wildman–Crippen LogP) is 10.9. The molecule has 2 nitrogen and oxygen atoms in total. The van der Waals surface area contributed by atoms with Gasteiger partial charge in [-0.15, -0.1) is 0 Å². The van der Waals surface area contributed by atoms with Crippen LogP contribution in [0, 0.1) is 0 Å². The normalized spacial score (nSPS) is 11.9. The van der Waals surface area contributed by atoms with Gasteiger partial charge >= 0.3 is 0 Å². The highest BCUT2D eigenvalue weighted by atomic mass is 16.3. The average Bonchev–Trinajstić information content (AvgIpc) is 3.41. The highest BCUT2D eigenvalue weighted by Gasteiger charge is 2.20. The molecule has 2 heterocycles. The van der Waals surface area contributed by atoms with Crippen molar-refractivity contribution >= 4 is 65.2 Å². The number of hydrogen-bond donors (Lipinski definition) is 0. The zero-order valence-electron chi connectivity index (χ0n) is 22.1. The largest absolute Gasteiger partial charge is 0.456 e. The van der Waals surface area contributed by atoms with E-state index in [1.54, 1.807) is 0 Å². The number of para-hydroxylation sites is 2. The highest BCUT2D eigenvalue weighted by molar-refractivity contribution is 6.27. The minimum Gasteiger partial charge on any atom is -0.456 e. The van der Waals surface area contributed by atoms with Crippen LogP contribution in [0.3, 0.4) is 0 Å². The summed E-state index contributed by atoms with van der Waals surface area (Å²) in [6, 6.07) is 47.6. The molecule has 0 saturated heterocycles. The smallest absolute Gasteiger partial charge is 0.135 e. The summed E-state index contributed by atoms with van der Waals surface area (Å²) < 4.78 is 6.18. The third-order valence-electron chi connectivity index (χ3n) is 8.46. The molecule has 0 aliphatic carbocycles. The molecular weight excluding hydrogens is 498 g/mol. The fraction of sp³-hybridized carbons (Fsp3) is 0. The molecule has 9 rings (SSSR count). The van der Waals surface area contributed by atoms with Crippen molar-refractivity contribution in [3.05, 3.63) is 140 Å². The first-order valence-electron chi connectivity index (χ1n) is 14.0. The van der Waals surface area contributed by atoms with Gasteiger partial charge in [0.25, 0.3) is 0 Å². The van der Waals surface area contributed by atoms with Crippen molar-refractivity contribution in [3.63, 3.8) is 0 Å². The van der Waals surface area contributed by atoms with Gasteiger partial charge in [-0.25, -0.2) is 0 Å². The van der Waals surface area contributed by atoms with Crippen molar-refractivity contribution in [2.24, 2.45) is 0 Å². The van der Waals surface area contributed by atoms with Crippen LogP contribution in [0.1, 0.15) is 0 Å². The van der Waals surface area contributed by atoms with Gasteiger partial charge in [0, 0.05) is 33.1 Å². The van der Waals surface area contributed by atoms with Crippen molar-refractivity contribution in [1.82, 2.24) is 4.98 Å². The molecule has 190 valence electrons. The highest BCUT2D eigenvalue weighted by Crippen LogP contribution is 2.46. The topological polar surface area (TPSA) is 26.0 Å². The van der Waals surface area contributed by atoms with E-state index in [9.17, 15) is 0 Å². The van der Waals surface area contributed by atoms with Crippen LogP contribution in [0.2, 0.25) is 0 Å². The van der Waals surface area contributed by atoms with Crippen LogP contribution in [0.5, 0.6) is 0 Å². The van der Waals surface area contributed by atoms with Crippen LogP contribution in [-0.4, -0.2) is 4.98 Å². The van der Waals surface area contributed by atoms with Crippen LogP contribution in [0.25, 0.3) is 87.4 Å². The van der Waals surface area contributed by atoms with Crippen LogP contribution >= 0.6 is 0 Å². The molecule has 0 bridgehead atoms. The Morgan fingerprint density at radius 2 is 1.05 bits per heavy atom. The number of hydrogen-bond acceptors (Lipinski definition) is 2. The third kappa shape index (κ3) is 3.28. The number of aromatic nitrogens is 1. The van der Waals surface area contributed by atoms with Gasteiger partial charge in [0.1, 0.15) is 11.2 Å². The fourth-order valence-electron chi connectivity index (χ4n) is 6.64. The molecular formula is C39H23NO. The van der Waals surface area contributed by atoms with Crippen LogP contribution in [-0.2, 0) is 0 Å². The standard InChI is InChI=1S/C39H23NO/c1-2-10-25-21-26(18-17-24(25)9-1)38-30-13-4-3-12-29(30)37(33-23-40-34-15-7-5-14-31(34)39(33)38)27-19-20-36-32(22-27)28-11-6-8-16-35(28)41-36/h1-23H. The minimum atomic E-state index is 0.903. The molecule has 0 atom stereocenters. The maximum absolute atomic E-state index is 6.18. The first-order valence-corrected chi connectivity index (χ1v) is 14.0. The van der Waals surface area contributed by atoms with Crippen molar-refractivity contribution in [2.75, 3.05) is 0 Å². The number of fused-ring (bicyclic) bond motifs is 8. The van der Waals surface area contributed by atoms with Gasteiger partial charge in [-0.3, -0.25) is 4.98 Å². The average molecular weight is 522 g/mol. The number of benzene rings is 7. The summed E-state index contributed by atoms with van der Waals surface area (Å²) in [5.74, 6) is 0. The molecule has 0 fully saturated rings. The molecule has 0 unspecified atom stereocenters. The number of nitrogens with zero attached hydrogens (tertiary/aromatic N) is 1. The molecule has 41 heavy (non-hydrogen) atoms. The SMILES string of the molecule is c1ccc2cc(-c3c4ccccc4c(-c4ccc5oc6ccccc6c5c4)c4cnc5ccccc5c34)ccc2c1. The molecule has 7 aromatic carbocycles. The Bertz CT molecular complexity index is 2480. The van der Waals surface area contributed by atoms with E-state index in [0.717, 1.165) is 43.8 Å². The molecule has 0 saturated carbocycles. The van der Waals surface area contributed by atoms with Gasteiger partial charge in [-0.1, -0.05) is 103 Å².